The zero-order valence-corrected chi connectivity index (χ0v) is 10.0. The lowest BCUT2D eigenvalue weighted by molar-refractivity contribution is -0.247. The third-order valence-electron chi connectivity index (χ3n) is 3.25. The average molecular weight is 254 g/mol. The second-order valence-electron chi connectivity index (χ2n) is 4.60. The minimum atomic E-state index is -1.45. The van der Waals surface area contributed by atoms with Crippen molar-refractivity contribution in [3.05, 3.63) is 12.2 Å². The summed E-state index contributed by atoms with van der Waals surface area (Å²) in [6, 6.07) is 0. The summed E-state index contributed by atoms with van der Waals surface area (Å²) in [5, 5.41) is 0. The van der Waals surface area contributed by atoms with E-state index in [0.29, 0.717) is 12.8 Å². The Hall–Kier alpha value is -1.85. The van der Waals surface area contributed by atoms with Crippen LogP contribution in [-0.2, 0) is 28.6 Å². The van der Waals surface area contributed by atoms with Gasteiger partial charge in [0.15, 0.2) is 6.10 Å². The Morgan fingerprint density at radius 1 is 1.56 bits per heavy atom. The summed E-state index contributed by atoms with van der Waals surface area (Å²) in [6.45, 7) is 5.20. The Kier molecular flexibility index (Phi) is 3.11. The van der Waals surface area contributed by atoms with Crippen molar-refractivity contribution in [2.24, 2.45) is 5.92 Å². The van der Waals surface area contributed by atoms with Gasteiger partial charge in [-0.2, -0.15) is 0 Å². The molecule has 0 radical (unpaired) electrons. The first kappa shape index (κ1) is 12.6. The third kappa shape index (κ3) is 1.98. The fourth-order valence-corrected chi connectivity index (χ4v) is 2.32. The van der Waals surface area contributed by atoms with Gasteiger partial charge in [-0.15, -0.1) is 0 Å². The molecule has 3 atom stereocenters. The summed E-state index contributed by atoms with van der Waals surface area (Å²) in [4.78, 5) is 33.6. The third-order valence-corrected chi connectivity index (χ3v) is 3.25. The monoisotopic (exact) mass is 254 g/mol. The largest absolute Gasteiger partial charge is 0.451 e. The normalized spacial score (nSPS) is 33.5. The van der Waals surface area contributed by atoms with E-state index in [0.717, 1.165) is 0 Å². The molecule has 1 saturated carbocycles. The number of hydrogen-bond acceptors (Lipinski definition) is 6. The van der Waals surface area contributed by atoms with E-state index in [2.05, 4.69) is 6.58 Å². The van der Waals surface area contributed by atoms with Crippen LogP contribution in [0.25, 0.3) is 0 Å². The highest BCUT2D eigenvalue weighted by atomic mass is 16.8. The van der Waals surface area contributed by atoms with E-state index in [1.54, 1.807) is 0 Å². The Labute approximate surface area is 104 Å². The molecule has 1 saturated heterocycles. The number of rotatable bonds is 4. The summed E-state index contributed by atoms with van der Waals surface area (Å²) in [5.74, 6) is -2.74. The summed E-state index contributed by atoms with van der Waals surface area (Å²) >= 11 is 0. The lowest BCUT2D eigenvalue weighted by Crippen LogP contribution is -2.48. The average Bonchev–Trinajstić information content (AvgIpc) is 2.56. The van der Waals surface area contributed by atoms with Gasteiger partial charge >= 0.3 is 11.9 Å². The number of hydrogen-bond donors (Lipinski definition) is 0. The maximum absolute atomic E-state index is 11.5. The van der Waals surface area contributed by atoms with Gasteiger partial charge in [-0.25, -0.2) is 4.79 Å². The van der Waals surface area contributed by atoms with Crippen LogP contribution in [0.1, 0.15) is 26.2 Å². The van der Waals surface area contributed by atoms with Crippen LogP contribution >= 0.6 is 0 Å². The molecule has 18 heavy (non-hydrogen) atoms. The van der Waals surface area contributed by atoms with Crippen molar-refractivity contribution in [1.82, 2.24) is 0 Å². The molecule has 6 heteroatoms. The highest BCUT2D eigenvalue weighted by Gasteiger charge is 2.59. The molecular formula is C12H14O6. The standard InChI is InChI=1S/C12H14O6/c1-7(2)10(14)17-9-4-3-8-5-12(9,16-6-13)18-11(8)15/h6,8-9H,1,3-5H2,2H3. The summed E-state index contributed by atoms with van der Waals surface area (Å²) in [6.07, 6.45) is 0.438. The van der Waals surface area contributed by atoms with Crippen molar-refractivity contribution in [2.45, 2.75) is 38.1 Å². The molecule has 0 aromatic carbocycles. The Morgan fingerprint density at radius 3 is 2.89 bits per heavy atom. The van der Waals surface area contributed by atoms with Crippen LogP contribution in [0, 0.1) is 5.92 Å². The van der Waals surface area contributed by atoms with Gasteiger partial charge in [0, 0.05) is 12.0 Å². The second-order valence-corrected chi connectivity index (χ2v) is 4.60. The topological polar surface area (TPSA) is 78.9 Å². The summed E-state index contributed by atoms with van der Waals surface area (Å²) in [5.41, 5.74) is 0.239. The number of carbonyl (C=O) groups is 3. The highest BCUT2D eigenvalue weighted by molar-refractivity contribution is 5.87. The molecule has 0 spiro atoms. The van der Waals surface area contributed by atoms with Crippen LogP contribution in [0.15, 0.2) is 12.2 Å². The maximum atomic E-state index is 11.5. The summed E-state index contributed by atoms with van der Waals surface area (Å²) in [7, 11) is 0. The van der Waals surface area contributed by atoms with Crippen LogP contribution < -0.4 is 0 Å². The lowest BCUT2D eigenvalue weighted by Gasteiger charge is -2.35. The van der Waals surface area contributed by atoms with Gasteiger partial charge in [0.25, 0.3) is 12.3 Å². The molecule has 6 nitrogen and oxygen atoms in total. The Bertz CT molecular complexity index is 415. The molecule has 1 aliphatic heterocycles. The van der Waals surface area contributed by atoms with E-state index < -0.39 is 23.8 Å². The molecule has 0 amide bonds. The van der Waals surface area contributed by atoms with Crippen molar-refractivity contribution < 1.29 is 28.6 Å². The van der Waals surface area contributed by atoms with Crippen molar-refractivity contribution in [2.75, 3.05) is 0 Å². The highest BCUT2D eigenvalue weighted by Crippen LogP contribution is 2.44. The molecule has 1 heterocycles. The van der Waals surface area contributed by atoms with Gasteiger partial charge in [-0.05, 0) is 19.8 Å². The van der Waals surface area contributed by atoms with E-state index in [1.165, 1.54) is 6.92 Å². The van der Waals surface area contributed by atoms with Crippen molar-refractivity contribution in [3.8, 4) is 0 Å². The molecule has 0 aromatic rings. The number of esters is 2. The van der Waals surface area contributed by atoms with Crippen LogP contribution in [-0.4, -0.2) is 30.3 Å². The molecule has 0 N–H and O–H groups in total. The zero-order valence-electron chi connectivity index (χ0n) is 10.0. The predicted molar refractivity (Wildman–Crippen MR) is 58.0 cm³/mol. The van der Waals surface area contributed by atoms with E-state index >= 15 is 0 Å². The van der Waals surface area contributed by atoms with Crippen LogP contribution in [0.3, 0.4) is 0 Å². The van der Waals surface area contributed by atoms with Crippen LogP contribution in [0.5, 0.6) is 0 Å². The molecule has 98 valence electrons. The van der Waals surface area contributed by atoms with Gasteiger partial charge in [0.05, 0.1) is 5.92 Å². The zero-order chi connectivity index (χ0) is 13.3. The van der Waals surface area contributed by atoms with Crippen LogP contribution in [0.4, 0.5) is 0 Å². The van der Waals surface area contributed by atoms with Gasteiger partial charge in [0.2, 0.25) is 0 Å². The molecule has 3 unspecified atom stereocenters. The van der Waals surface area contributed by atoms with Crippen molar-refractivity contribution >= 4 is 18.4 Å². The van der Waals surface area contributed by atoms with Gasteiger partial charge in [0.1, 0.15) is 0 Å². The van der Waals surface area contributed by atoms with Gasteiger partial charge in [-0.3, -0.25) is 9.59 Å². The summed E-state index contributed by atoms with van der Waals surface area (Å²) < 4.78 is 15.2. The first-order valence-corrected chi connectivity index (χ1v) is 5.69. The fourth-order valence-electron chi connectivity index (χ4n) is 2.32. The predicted octanol–water partition coefficient (Wildman–Crippen LogP) is 0.700. The first-order chi connectivity index (χ1) is 8.48. The smallest absolute Gasteiger partial charge is 0.333 e. The number of ether oxygens (including phenoxy) is 3. The molecule has 2 fully saturated rings. The van der Waals surface area contributed by atoms with E-state index in [4.69, 9.17) is 14.2 Å². The van der Waals surface area contributed by atoms with Gasteiger partial charge in [-0.1, -0.05) is 6.58 Å². The Morgan fingerprint density at radius 2 is 2.28 bits per heavy atom. The molecule has 2 bridgehead atoms. The SMILES string of the molecule is C=C(C)C(=O)OC1CCC2CC1(OC=O)OC2=O. The van der Waals surface area contributed by atoms with E-state index in [9.17, 15) is 14.4 Å². The molecular weight excluding hydrogens is 240 g/mol. The van der Waals surface area contributed by atoms with Crippen LogP contribution in [0.2, 0.25) is 0 Å². The minimum Gasteiger partial charge on any atom is -0.451 e. The Balaban J connectivity index is 2.18. The molecule has 0 aromatic heterocycles. The quantitative estimate of drug-likeness (QED) is 0.417. The van der Waals surface area contributed by atoms with E-state index in [1.807, 2.05) is 0 Å². The maximum Gasteiger partial charge on any atom is 0.333 e. The van der Waals surface area contributed by atoms with E-state index in [-0.39, 0.29) is 24.4 Å². The lowest BCUT2D eigenvalue weighted by atomic mass is 9.85. The van der Waals surface area contributed by atoms with Gasteiger partial charge < -0.3 is 14.2 Å². The van der Waals surface area contributed by atoms with Crippen molar-refractivity contribution in [1.29, 1.82) is 0 Å². The minimum absolute atomic E-state index is 0.211. The number of carbonyl (C=O) groups excluding carboxylic acids is 3. The first-order valence-electron chi connectivity index (χ1n) is 5.69. The second kappa shape index (κ2) is 4.44. The molecule has 2 rings (SSSR count). The fraction of sp³-hybridized carbons (Fsp3) is 0.583. The van der Waals surface area contributed by atoms with Crippen molar-refractivity contribution in [3.63, 3.8) is 0 Å². The number of fused-ring (bicyclic) bond motifs is 2. The molecule has 1 aliphatic carbocycles. The molecule has 2 aliphatic rings.